The summed E-state index contributed by atoms with van der Waals surface area (Å²) in [7, 11) is 2.11. The van der Waals surface area contributed by atoms with E-state index in [1.54, 1.807) is 0 Å². The zero-order valence-corrected chi connectivity index (χ0v) is 12.4. The molecule has 1 N–H and O–H groups in total. The molecule has 114 valence electrons. The van der Waals surface area contributed by atoms with E-state index in [2.05, 4.69) is 17.3 Å². The van der Waals surface area contributed by atoms with Gasteiger partial charge in [0, 0.05) is 6.04 Å². The Morgan fingerprint density at radius 3 is 2.65 bits per heavy atom. The first-order valence-electron chi connectivity index (χ1n) is 7.41. The smallest absolute Gasteiger partial charge is 0.252 e. The number of hydrogen-bond acceptors (Lipinski definition) is 5. The van der Waals surface area contributed by atoms with E-state index in [1.165, 1.54) is 0 Å². The molecular weight excluding hydrogens is 260 g/mol. The van der Waals surface area contributed by atoms with Crippen molar-refractivity contribution < 1.29 is 19.0 Å². The number of carbonyl (C=O) groups excluding carboxylic acids is 1. The summed E-state index contributed by atoms with van der Waals surface area (Å²) in [6, 6.07) is 0.247. The Balaban J connectivity index is 1.55. The van der Waals surface area contributed by atoms with Crippen molar-refractivity contribution in [2.24, 2.45) is 0 Å². The van der Waals surface area contributed by atoms with Crippen molar-refractivity contribution >= 4 is 5.91 Å². The molecule has 1 amide bonds. The standard InChI is InChI=1S/C14H24N2O4/c1-14(2)19-10-8-18-12(11(10)20-14)13(17)15-9-4-6-16(3)7-5-9/h9-12H,4-8H2,1-3H3,(H,15,17). The third kappa shape index (κ3) is 2.83. The van der Waals surface area contributed by atoms with E-state index < -0.39 is 11.9 Å². The first-order valence-corrected chi connectivity index (χ1v) is 7.41. The van der Waals surface area contributed by atoms with E-state index in [1.807, 2.05) is 13.8 Å². The van der Waals surface area contributed by atoms with Gasteiger partial charge in [0.1, 0.15) is 12.2 Å². The minimum Gasteiger partial charge on any atom is -0.363 e. The molecule has 6 heteroatoms. The molecule has 0 spiro atoms. The van der Waals surface area contributed by atoms with Crippen LogP contribution >= 0.6 is 0 Å². The summed E-state index contributed by atoms with van der Waals surface area (Å²) in [5, 5.41) is 3.10. The molecule has 3 unspecified atom stereocenters. The molecular formula is C14H24N2O4. The van der Waals surface area contributed by atoms with E-state index in [4.69, 9.17) is 14.2 Å². The molecule has 3 fully saturated rings. The highest BCUT2D eigenvalue weighted by molar-refractivity contribution is 5.82. The average molecular weight is 284 g/mol. The lowest BCUT2D eigenvalue weighted by Gasteiger charge is -2.30. The molecule has 0 aromatic heterocycles. The van der Waals surface area contributed by atoms with Crippen LogP contribution in [0.3, 0.4) is 0 Å². The lowest BCUT2D eigenvalue weighted by molar-refractivity contribution is -0.178. The lowest BCUT2D eigenvalue weighted by atomic mass is 10.0. The Morgan fingerprint density at radius 1 is 1.25 bits per heavy atom. The van der Waals surface area contributed by atoms with Gasteiger partial charge in [-0.3, -0.25) is 4.79 Å². The van der Waals surface area contributed by atoms with Gasteiger partial charge in [-0.1, -0.05) is 0 Å². The van der Waals surface area contributed by atoms with E-state index in [0.29, 0.717) is 6.61 Å². The number of carbonyl (C=O) groups is 1. The summed E-state index contributed by atoms with van der Waals surface area (Å²) in [6.07, 6.45) is 1.04. The summed E-state index contributed by atoms with van der Waals surface area (Å²) in [5.41, 5.74) is 0. The Labute approximate surface area is 119 Å². The molecule has 3 heterocycles. The number of amides is 1. The Morgan fingerprint density at radius 2 is 1.95 bits per heavy atom. The largest absolute Gasteiger partial charge is 0.363 e. The molecule has 0 bridgehead atoms. The van der Waals surface area contributed by atoms with Crippen molar-refractivity contribution in [3.63, 3.8) is 0 Å². The fourth-order valence-corrected chi connectivity index (χ4v) is 3.20. The van der Waals surface area contributed by atoms with Crippen LogP contribution in [-0.4, -0.2) is 67.7 Å². The van der Waals surface area contributed by atoms with Crippen molar-refractivity contribution in [3.8, 4) is 0 Å². The van der Waals surface area contributed by atoms with Crippen LogP contribution in [0.5, 0.6) is 0 Å². The van der Waals surface area contributed by atoms with E-state index >= 15 is 0 Å². The maximum atomic E-state index is 12.4. The second-order valence-electron chi connectivity index (χ2n) is 6.48. The SMILES string of the molecule is CN1CCC(NC(=O)C2OCC3OC(C)(C)OC32)CC1. The number of likely N-dealkylation sites (tertiary alicyclic amines) is 1. The molecule has 0 aliphatic carbocycles. The van der Waals surface area contributed by atoms with Gasteiger partial charge in [0.15, 0.2) is 11.9 Å². The van der Waals surface area contributed by atoms with Gasteiger partial charge < -0.3 is 24.4 Å². The molecule has 3 aliphatic heterocycles. The Kier molecular flexibility index (Phi) is 3.75. The fraction of sp³-hybridized carbons (Fsp3) is 0.929. The molecule has 6 nitrogen and oxygen atoms in total. The van der Waals surface area contributed by atoms with Crippen LogP contribution in [0.2, 0.25) is 0 Å². The zero-order chi connectivity index (χ0) is 14.3. The van der Waals surface area contributed by atoms with E-state index in [9.17, 15) is 4.79 Å². The first kappa shape index (κ1) is 14.3. The van der Waals surface area contributed by atoms with Gasteiger partial charge in [-0.05, 0) is 46.8 Å². The van der Waals surface area contributed by atoms with Crippen molar-refractivity contribution in [1.29, 1.82) is 0 Å². The molecule has 3 rings (SSSR count). The summed E-state index contributed by atoms with van der Waals surface area (Å²) in [4.78, 5) is 14.6. The van der Waals surface area contributed by atoms with E-state index in [-0.39, 0.29) is 24.2 Å². The number of ether oxygens (including phenoxy) is 3. The van der Waals surface area contributed by atoms with Crippen molar-refractivity contribution in [1.82, 2.24) is 10.2 Å². The number of hydrogen-bond donors (Lipinski definition) is 1. The highest BCUT2D eigenvalue weighted by Crippen LogP contribution is 2.35. The quantitative estimate of drug-likeness (QED) is 0.780. The van der Waals surface area contributed by atoms with Crippen molar-refractivity contribution in [2.75, 3.05) is 26.7 Å². The highest BCUT2D eigenvalue weighted by Gasteiger charge is 2.52. The topological polar surface area (TPSA) is 60.0 Å². The fourth-order valence-electron chi connectivity index (χ4n) is 3.20. The van der Waals surface area contributed by atoms with Crippen molar-refractivity contribution in [2.45, 2.75) is 56.8 Å². The Hall–Kier alpha value is -0.690. The van der Waals surface area contributed by atoms with Gasteiger partial charge in [-0.2, -0.15) is 0 Å². The minimum atomic E-state index is -0.620. The number of nitrogens with zero attached hydrogens (tertiary/aromatic N) is 1. The second kappa shape index (κ2) is 5.26. The van der Waals surface area contributed by atoms with Crippen molar-refractivity contribution in [3.05, 3.63) is 0 Å². The molecule has 0 aromatic rings. The molecule has 0 radical (unpaired) electrons. The summed E-state index contributed by atoms with van der Waals surface area (Å²) >= 11 is 0. The van der Waals surface area contributed by atoms with Crippen LogP contribution in [-0.2, 0) is 19.0 Å². The van der Waals surface area contributed by atoms with Gasteiger partial charge in [0.05, 0.1) is 6.61 Å². The van der Waals surface area contributed by atoms with Crippen LogP contribution in [0, 0.1) is 0 Å². The van der Waals surface area contributed by atoms with Gasteiger partial charge >= 0.3 is 0 Å². The number of fused-ring (bicyclic) bond motifs is 1. The van der Waals surface area contributed by atoms with Crippen LogP contribution in [0.1, 0.15) is 26.7 Å². The van der Waals surface area contributed by atoms with Crippen LogP contribution < -0.4 is 5.32 Å². The molecule has 3 saturated heterocycles. The molecule has 3 aliphatic rings. The van der Waals surface area contributed by atoms with E-state index in [0.717, 1.165) is 25.9 Å². The number of piperidine rings is 1. The number of nitrogens with one attached hydrogen (secondary N) is 1. The molecule has 0 aromatic carbocycles. The van der Waals surface area contributed by atoms with Gasteiger partial charge in [0.25, 0.3) is 5.91 Å². The summed E-state index contributed by atoms with van der Waals surface area (Å²) in [5.74, 6) is -0.682. The third-order valence-electron chi connectivity index (χ3n) is 4.28. The predicted octanol–water partition coefficient (Wildman–Crippen LogP) is 0.116. The van der Waals surface area contributed by atoms with Crippen LogP contribution in [0.4, 0.5) is 0 Å². The summed E-state index contributed by atoms with van der Waals surface area (Å²) < 4.78 is 17.1. The Bertz CT molecular complexity index is 379. The lowest BCUT2D eigenvalue weighted by Crippen LogP contribution is -2.49. The van der Waals surface area contributed by atoms with Gasteiger partial charge in [-0.25, -0.2) is 0 Å². The van der Waals surface area contributed by atoms with Crippen LogP contribution in [0.15, 0.2) is 0 Å². The normalized spacial score (nSPS) is 37.9. The summed E-state index contributed by atoms with van der Waals surface area (Å²) in [6.45, 7) is 6.22. The second-order valence-corrected chi connectivity index (χ2v) is 6.48. The maximum absolute atomic E-state index is 12.4. The van der Waals surface area contributed by atoms with Gasteiger partial charge in [0.2, 0.25) is 0 Å². The molecule has 3 atom stereocenters. The maximum Gasteiger partial charge on any atom is 0.252 e. The minimum absolute atomic E-state index is 0.0617. The monoisotopic (exact) mass is 284 g/mol. The first-order chi connectivity index (χ1) is 9.44. The predicted molar refractivity (Wildman–Crippen MR) is 72.2 cm³/mol. The average Bonchev–Trinajstić information content (AvgIpc) is 2.87. The molecule has 0 saturated carbocycles. The third-order valence-corrected chi connectivity index (χ3v) is 4.28. The van der Waals surface area contributed by atoms with Gasteiger partial charge in [-0.15, -0.1) is 0 Å². The zero-order valence-electron chi connectivity index (χ0n) is 12.4. The number of rotatable bonds is 2. The molecule has 20 heavy (non-hydrogen) atoms. The van der Waals surface area contributed by atoms with Crippen LogP contribution in [0.25, 0.3) is 0 Å². The highest BCUT2D eigenvalue weighted by atomic mass is 16.8.